The van der Waals surface area contributed by atoms with Gasteiger partial charge in [-0.2, -0.15) is 0 Å². The van der Waals surface area contributed by atoms with Crippen LogP contribution in [-0.4, -0.2) is 56.2 Å². The molecule has 0 bridgehead atoms. The van der Waals surface area contributed by atoms with Crippen LogP contribution in [0.4, 0.5) is 10.1 Å². The maximum Gasteiger partial charge on any atom is 0.258 e. The standard InChI is InChI=1S/C28H30FN3O4/c1-20-9-10-22(18-26(20)31-28(34)24-7-2-3-8-25(24)29)27(33)30-19-21-5-4-6-23(17-21)36-16-13-32-11-14-35-15-12-32/h2-10,17-18H,11-16,19H2,1H3,(H,30,33)(H,31,34). The van der Waals surface area contributed by atoms with Crippen LogP contribution in [0.25, 0.3) is 0 Å². The predicted octanol–water partition coefficient (Wildman–Crippen LogP) is 4.03. The van der Waals surface area contributed by atoms with Gasteiger partial charge in [0.2, 0.25) is 0 Å². The summed E-state index contributed by atoms with van der Waals surface area (Å²) in [5.41, 5.74) is 2.46. The van der Waals surface area contributed by atoms with Gasteiger partial charge in [0, 0.05) is 37.4 Å². The van der Waals surface area contributed by atoms with Crippen LogP contribution in [0.3, 0.4) is 0 Å². The molecule has 1 aliphatic rings. The topological polar surface area (TPSA) is 79.9 Å². The first-order chi connectivity index (χ1) is 17.5. The lowest BCUT2D eigenvalue weighted by atomic mass is 10.1. The van der Waals surface area contributed by atoms with Crippen molar-refractivity contribution in [3.63, 3.8) is 0 Å². The van der Waals surface area contributed by atoms with Gasteiger partial charge in [-0.25, -0.2) is 4.39 Å². The van der Waals surface area contributed by atoms with Crippen molar-refractivity contribution in [2.45, 2.75) is 13.5 Å². The van der Waals surface area contributed by atoms with Gasteiger partial charge in [-0.05, 0) is 54.4 Å². The van der Waals surface area contributed by atoms with Gasteiger partial charge in [0.15, 0.2) is 0 Å². The number of nitrogens with one attached hydrogen (secondary N) is 2. The first-order valence-corrected chi connectivity index (χ1v) is 12.0. The van der Waals surface area contributed by atoms with Gasteiger partial charge >= 0.3 is 0 Å². The van der Waals surface area contributed by atoms with Crippen molar-refractivity contribution in [1.29, 1.82) is 0 Å². The molecule has 0 aliphatic carbocycles. The lowest BCUT2D eigenvalue weighted by Gasteiger charge is -2.26. The second-order valence-corrected chi connectivity index (χ2v) is 8.60. The Bertz CT molecular complexity index is 1210. The summed E-state index contributed by atoms with van der Waals surface area (Å²) in [6, 6.07) is 18.4. The van der Waals surface area contributed by atoms with Gasteiger partial charge in [0.05, 0.1) is 18.8 Å². The number of hydrogen-bond acceptors (Lipinski definition) is 5. The molecule has 1 aliphatic heterocycles. The number of benzene rings is 3. The Balaban J connectivity index is 1.32. The molecule has 3 aromatic carbocycles. The Kier molecular flexibility index (Phi) is 8.65. The lowest BCUT2D eigenvalue weighted by molar-refractivity contribution is 0.0322. The molecule has 0 saturated carbocycles. The number of carbonyl (C=O) groups is 2. The van der Waals surface area contributed by atoms with Crippen LogP contribution < -0.4 is 15.4 Å². The molecule has 0 aromatic heterocycles. The average molecular weight is 492 g/mol. The van der Waals surface area contributed by atoms with Crippen LogP contribution in [-0.2, 0) is 11.3 Å². The summed E-state index contributed by atoms with van der Waals surface area (Å²) >= 11 is 0. The zero-order valence-corrected chi connectivity index (χ0v) is 20.3. The summed E-state index contributed by atoms with van der Waals surface area (Å²) in [5, 5.41) is 5.60. The zero-order valence-electron chi connectivity index (χ0n) is 20.3. The number of aryl methyl sites for hydroxylation is 1. The molecule has 3 aromatic rings. The third kappa shape index (κ3) is 6.90. The summed E-state index contributed by atoms with van der Waals surface area (Å²) in [6.07, 6.45) is 0. The summed E-state index contributed by atoms with van der Waals surface area (Å²) in [5.74, 6) is -0.702. The van der Waals surface area contributed by atoms with Gasteiger partial charge in [0.1, 0.15) is 18.2 Å². The second kappa shape index (κ2) is 12.3. The zero-order chi connectivity index (χ0) is 25.3. The maximum absolute atomic E-state index is 14.0. The first-order valence-electron chi connectivity index (χ1n) is 12.0. The van der Waals surface area contributed by atoms with Crippen LogP contribution in [0.2, 0.25) is 0 Å². The monoisotopic (exact) mass is 491 g/mol. The van der Waals surface area contributed by atoms with E-state index in [1.807, 2.05) is 31.2 Å². The quantitative estimate of drug-likeness (QED) is 0.473. The fourth-order valence-electron chi connectivity index (χ4n) is 3.88. The van der Waals surface area contributed by atoms with Gasteiger partial charge in [0.25, 0.3) is 11.8 Å². The summed E-state index contributed by atoms with van der Waals surface area (Å²) in [6.45, 7) is 6.92. The largest absolute Gasteiger partial charge is 0.492 e. The molecule has 0 unspecified atom stereocenters. The highest BCUT2D eigenvalue weighted by Gasteiger charge is 2.14. The number of carbonyl (C=O) groups excluding carboxylic acids is 2. The van der Waals surface area contributed by atoms with Crippen molar-refractivity contribution in [2.75, 3.05) is 44.8 Å². The Hall–Kier alpha value is -3.75. The molecule has 2 N–H and O–H groups in total. The van der Waals surface area contributed by atoms with E-state index in [0.717, 1.165) is 49.7 Å². The number of rotatable bonds is 9. The number of hydrogen-bond donors (Lipinski definition) is 2. The maximum atomic E-state index is 14.0. The molecule has 2 amide bonds. The number of morpholine rings is 1. The highest BCUT2D eigenvalue weighted by atomic mass is 19.1. The Labute approximate surface area is 210 Å². The highest BCUT2D eigenvalue weighted by Crippen LogP contribution is 2.19. The molecule has 0 atom stereocenters. The lowest BCUT2D eigenvalue weighted by Crippen LogP contribution is -2.38. The molecular weight excluding hydrogens is 461 g/mol. The number of amides is 2. The summed E-state index contributed by atoms with van der Waals surface area (Å²) < 4.78 is 25.2. The van der Waals surface area contributed by atoms with E-state index < -0.39 is 11.7 Å². The van der Waals surface area contributed by atoms with E-state index in [4.69, 9.17) is 9.47 Å². The minimum atomic E-state index is -0.603. The third-order valence-electron chi connectivity index (χ3n) is 6.00. The number of anilines is 1. The van der Waals surface area contributed by atoms with Crippen LogP contribution in [0, 0.1) is 12.7 Å². The summed E-state index contributed by atoms with van der Waals surface area (Å²) in [4.78, 5) is 27.6. The fraction of sp³-hybridized carbons (Fsp3) is 0.286. The fourth-order valence-corrected chi connectivity index (χ4v) is 3.88. The van der Waals surface area contributed by atoms with E-state index in [2.05, 4.69) is 15.5 Å². The SMILES string of the molecule is Cc1ccc(C(=O)NCc2cccc(OCCN3CCOCC3)c2)cc1NC(=O)c1ccccc1F. The number of ether oxygens (including phenoxy) is 2. The molecule has 7 nitrogen and oxygen atoms in total. The van der Waals surface area contributed by atoms with E-state index in [1.165, 1.54) is 18.2 Å². The molecule has 36 heavy (non-hydrogen) atoms. The minimum Gasteiger partial charge on any atom is -0.492 e. The number of nitrogens with zero attached hydrogens (tertiary/aromatic N) is 1. The molecule has 0 spiro atoms. The third-order valence-corrected chi connectivity index (χ3v) is 6.00. The van der Waals surface area contributed by atoms with Crippen molar-refractivity contribution >= 4 is 17.5 Å². The summed E-state index contributed by atoms with van der Waals surface area (Å²) in [7, 11) is 0. The van der Waals surface area contributed by atoms with Crippen molar-refractivity contribution in [2.24, 2.45) is 0 Å². The molecule has 188 valence electrons. The molecular formula is C28H30FN3O4. The molecule has 1 heterocycles. The van der Waals surface area contributed by atoms with E-state index >= 15 is 0 Å². The normalized spacial score (nSPS) is 13.7. The van der Waals surface area contributed by atoms with E-state index in [0.29, 0.717) is 24.4 Å². The van der Waals surface area contributed by atoms with Gasteiger partial charge in [-0.3, -0.25) is 14.5 Å². The molecule has 8 heteroatoms. The Morgan fingerprint density at radius 2 is 1.81 bits per heavy atom. The van der Waals surface area contributed by atoms with Crippen LogP contribution in [0.1, 0.15) is 31.8 Å². The van der Waals surface area contributed by atoms with E-state index in [9.17, 15) is 14.0 Å². The van der Waals surface area contributed by atoms with Crippen LogP contribution in [0.5, 0.6) is 5.75 Å². The van der Waals surface area contributed by atoms with Crippen molar-refractivity contribution < 1.29 is 23.5 Å². The first kappa shape index (κ1) is 25.3. The smallest absolute Gasteiger partial charge is 0.258 e. The molecule has 1 saturated heterocycles. The van der Waals surface area contributed by atoms with Crippen molar-refractivity contribution in [3.8, 4) is 5.75 Å². The van der Waals surface area contributed by atoms with Crippen LogP contribution in [0.15, 0.2) is 66.7 Å². The molecule has 1 fully saturated rings. The highest BCUT2D eigenvalue weighted by molar-refractivity contribution is 6.05. The van der Waals surface area contributed by atoms with E-state index in [1.54, 1.807) is 24.3 Å². The molecule has 0 radical (unpaired) electrons. The Morgan fingerprint density at radius 1 is 1.00 bits per heavy atom. The van der Waals surface area contributed by atoms with Gasteiger partial charge < -0.3 is 20.1 Å². The van der Waals surface area contributed by atoms with Crippen LogP contribution >= 0.6 is 0 Å². The van der Waals surface area contributed by atoms with Gasteiger partial charge in [-0.15, -0.1) is 0 Å². The molecule has 4 rings (SSSR count). The minimum absolute atomic E-state index is 0.0567. The Morgan fingerprint density at radius 3 is 2.61 bits per heavy atom. The van der Waals surface area contributed by atoms with Crippen molar-refractivity contribution in [3.05, 3.63) is 94.8 Å². The van der Waals surface area contributed by atoms with Crippen molar-refractivity contribution in [1.82, 2.24) is 10.2 Å². The number of halogens is 1. The predicted molar refractivity (Wildman–Crippen MR) is 136 cm³/mol. The second-order valence-electron chi connectivity index (χ2n) is 8.60. The van der Waals surface area contributed by atoms with Gasteiger partial charge in [-0.1, -0.05) is 30.3 Å². The van der Waals surface area contributed by atoms with E-state index in [-0.39, 0.29) is 11.5 Å². The average Bonchev–Trinajstić information content (AvgIpc) is 2.89.